The molecular formula is C20H35FO2Sn. The van der Waals surface area contributed by atoms with Crippen molar-refractivity contribution in [3.05, 3.63) is 17.9 Å². The van der Waals surface area contributed by atoms with Crippen LogP contribution in [-0.4, -0.2) is 32.6 Å². The Morgan fingerprint density at radius 1 is 0.792 bits per heavy atom. The van der Waals surface area contributed by atoms with Crippen LogP contribution in [0.15, 0.2) is 12.1 Å². The molecule has 0 aromatic heterocycles. The van der Waals surface area contributed by atoms with Gasteiger partial charge in [0.15, 0.2) is 0 Å². The third-order valence-corrected chi connectivity index (χ3v) is 20.6. The SMILES string of the molecule is CCC[CH2][Sn]([CH2]CCC)([CH2]CCC)[c]1c(OC)ccc(OC)c1F. The Kier molecular flexibility index (Phi) is 10.1. The Labute approximate surface area is 152 Å². The Hall–Kier alpha value is -0.451. The van der Waals surface area contributed by atoms with E-state index in [2.05, 4.69) is 20.8 Å². The maximum absolute atomic E-state index is 15.3. The van der Waals surface area contributed by atoms with Crippen LogP contribution in [-0.2, 0) is 0 Å². The monoisotopic (exact) mass is 446 g/mol. The van der Waals surface area contributed by atoms with Crippen molar-refractivity contribution in [2.45, 2.75) is 72.6 Å². The number of halogens is 1. The molecule has 0 saturated heterocycles. The normalized spacial score (nSPS) is 11.6. The van der Waals surface area contributed by atoms with Crippen molar-refractivity contribution in [2.24, 2.45) is 0 Å². The molecule has 0 bridgehead atoms. The van der Waals surface area contributed by atoms with E-state index < -0.39 is 18.4 Å². The fourth-order valence-corrected chi connectivity index (χ4v) is 20.5. The van der Waals surface area contributed by atoms with Crippen LogP contribution < -0.4 is 13.1 Å². The van der Waals surface area contributed by atoms with Gasteiger partial charge in [-0.25, -0.2) is 0 Å². The number of rotatable bonds is 12. The first-order valence-electron chi connectivity index (χ1n) is 9.51. The van der Waals surface area contributed by atoms with Gasteiger partial charge in [-0.3, -0.25) is 0 Å². The second-order valence-corrected chi connectivity index (χ2v) is 19.8. The number of ether oxygens (including phenoxy) is 2. The molecule has 0 N–H and O–H groups in total. The van der Waals surface area contributed by atoms with E-state index in [1.807, 2.05) is 6.07 Å². The van der Waals surface area contributed by atoms with Crippen LogP contribution in [0.4, 0.5) is 4.39 Å². The summed E-state index contributed by atoms with van der Waals surface area (Å²) in [5.41, 5.74) is 0. The average molecular weight is 445 g/mol. The van der Waals surface area contributed by atoms with Crippen molar-refractivity contribution < 1.29 is 13.9 Å². The molecule has 24 heavy (non-hydrogen) atoms. The summed E-state index contributed by atoms with van der Waals surface area (Å²) in [6.45, 7) is 6.69. The molecule has 0 spiro atoms. The van der Waals surface area contributed by atoms with Crippen LogP contribution in [0.1, 0.15) is 59.3 Å². The summed E-state index contributed by atoms with van der Waals surface area (Å²) in [4.78, 5) is 0. The predicted molar refractivity (Wildman–Crippen MR) is 104 cm³/mol. The molecule has 1 aromatic rings. The van der Waals surface area contributed by atoms with Crippen molar-refractivity contribution >= 4 is 22.0 Å². The molecule has 0 fully saturated rings. The molecule has 0 saturated carbocycles. The summed E-state index contributed by atoms with van der Waals surface area (Å²) >= 11 is -2.90. The molecule has 1 rings (SSSR count). The molecule has 0 amide bonds. The van der Waals surface area contributed by atoms with E-state index in [9.17, 15) is 0 Å². The summed E-state index contributed by atoms with van der Waals surface area (Å²) in [5, 5.41) is 0. The van der Waals surface area contributed by atoms with Gasteiger partial charge in [-0.2, -0.15) is 0 Å². The van der Waals surface area contributed by atoms with Crippen molar-refractivity contribution in [2.75, 3.05) is 14.2 Å². The molecule has 0 aliphatic carbocycles. The van der Waals surface area contributed by atoms with Gasteiger partial charge in [-0.1, -0.05) is 0 Å². The summed E-state index contributed by atoms with van der Waals surface area (Å²) < 4.78 is 30.9. The van der Waals surface area contributed by atoms with Crippen molar-refractivity contribution in [1.29, 1.82) is 0 Å². The minimum atomic E-state index is -2.90. The van der Waals surface area contributed by atoms with Gasteiger partial charge in [0, 0.05) is 0 Å². The van der Waals surface area contributed by atoms with E-state index in [0.29, 0.717) is 5.75 Å². The Bertz CT molecular complexity index is 469. The first-order chi connectivity index (χ1) is 11.6. The van der Waals surface area contributed by atoms with Crippen molar-refractivity contribution in [3.8, 4) is 11.5 Å². The van der Waals surface area contributed by atoms with E-state index in [0.717, 1.165) is 9.33 Å². The fourth-order valence-electron chi connectivity index (χ4n) is 3.66. The van der Waals surface area contributed by atoms with E-state index >= 15 is 4.39 Å². The first-order valence-corrected chi connectivity index (χ1v) is 17.0. The average Bonchev–Trinajstić information content (AvgIpc) is 2.61. The summed E-state index contributed by atoms with van der Waals surface area (Å²) in [5.74, 6) is 0.986. The quantitative estimate of drug-likeness (QED) is 0.373. The molecule has 0 heterocycles. The Balaban J connectivity index is 3.48. The van der Waals surface area contributed by atoms with Gasteiger partial charge >= 0.3 is 152 Å². The minimum absolute atomic E-state index is 0.143. The number of hydrogen-bond acceptors (Lipinski definition) is 2. The molecule has 0 aliphatic rings. The second-order valence-electron chi connectivity index (χ2n) is 6.75. The van der Waals surface area contributed by atoms with E-state index in [1.165, 1.54) is 51.8 Å². The molecule has 138 valence electrons. The predicted octanol–water partition coefficient (Wildman–Crippen LogP) is 5.90. The summed E-state index contributed by atoms with van der Waals surface area (Å²) in [7, 11) is 3.22. The van der Waals surface area contributed by atoms with Gasteiger partial charge in [0.2, 0.25) is 0 Å². The van der Waals surface area contributed by atoms with E-state index in [-0.39, 0.29) is 5.82 Å². The summed E-state index contributed by atoms with van der Waals surface area (Å²) in [6.07, 6.45) is 7.11. The van der Waals surface area contributed by atoms with Gasteiger partial charge in [-0.15, -0.1) is 0 Å². The van der Waals surface area contributed by atoms with Crippen LogP contribution in [0.25, 0.3) is 0 Å². The van der Waals surface area contributed by atoms with Crippen molar-refractivity contribution in [3.63, 3.8) is 0 Å². The van der Waals surface area contributed by atoms with Gasteiger partial charge < -0.3 is 0 Å². The Morgan fingerprint density at radius 3 is 1.58 bits per heavy atom. The van der Waals surface area contributed by atoms with Gasteiger partial charge in [-0.05, 0) is 0 Å². The first kappa shape index (κ1) is 21.6. The molecule has 2 nitrogen and oxygen atoms in total. The van der Waals surface area contributed by atoms with Gasteiger partial charge in [0.25, 0.3) is 0 Å². The van der Waals surface area contributed by atoms with Crippen LogP contribution in [0, 0.1) is 5.82 Å². The Morgan fingerprint density at radius 2 is 1.21 bits per heavy atom. The van der Waals surface area contributed by atoms with E-state index in [4.69, 9.17) is 9.47 Å². The van der Waals surface area contributed by atoms with Crippen LogP contribution in [0.5, 0.6) is 11.5 Å². The third kappa shape index (κ3) is 5.27. The zero-order valence-corrected chi connectivity index (χ0v) is 19.1. The molecule has 0 atom stereocenters. The molecule has 0 unspecified atom stereocenters. The molecule has 0 radical (unpaired) electrons. The van der Waals surface area contributed by atoms with Crippen LogP contribution in [0.3, 0.4) is 0 Å². The topological polar surface area (TPSA) is 18.5 Å². The number of benzene rings is 1. The van der Waals surface area contributed by atoms with E-state index in [1.54, 1.807) is 20.3 Å². The van der Waals surface area contributed by atoms with Crippen LogP contribution in [0.2, 0.25) is 13.3 Å². The number of methoxy groups -OCH3 is 2. The van der Waals surface area contributed by atoms with Crippen LogP contribution >= 0.6 is 0 Å². The molecular weight excluding hydrogens is 410 g/mol. The third-order valence-electron chi connectivity index (χ3n) is 5.07. The maximum atomic E-state index is 15.3. The second kappa shape index (κ2) is 11.2. The molecule has 4 heteroatoms. The summed E-state index contributed by atoms with van der Waals surface area (Å²) in [6, 6.07) is 3.61. The van der Waals surface area contributed by atoms with Gasteiger partial charge in [0.05, 0.1) is 0 Å². The zero-order valence-electron chi connectivity index (χ0n) is 16.2. The van der Waals surface area contributed by atoms with Crippen molar-refractivity contribution in [1.82, 2.24) is 0 Å². The fraction of sp³-hybridized carbons (Fsp3) is 0.700. The standard InChI is InChI=1S/C8H8FO2.3C4H9.Sn/c1-10-6-3-4-8(11-2)7(9)5-6;3*1-3-4-2;/h3-4H,1-2H3;3*1,3-4H2,2H3;. The molecule has 0 aliphatic heterocycles. The van der Waals surface area contributed by atoms with Gasteiger partial charge in [0.1, 0.15) is 0 Å². The number of hydrogen-bond donors (Lipinski definition) is 0. The number of unbranched alkanes of at least 4 members (excludes halogenated alkanes) is 3. The molecule has 1 aromatic carbocycles. The zero-order chi connectivity index (χ0) is 18.0.